The molecule has 0 aromatic heterocycles. The van der Waals surface area contributed by atoms with Crippen LogP contribution in [0, 0.1) is 0 Å². The number of methoxy groups -OCH3 is 1. The van der Waals surface area contributed by atoms with E-state index in [2.05, 4.69) is 10.2 Å². The zero-order valence-electron chi connectivity index (χ0n) is 6.63. The predicted octanol–water partition coefficient (Wildman–Crippen LogP) is -0.412. The van der Waals surface area contributed by atoms with Crippen LogP contribution in [-0.4, -0.2) is 23.3 Å². The lowest BCUT2D eigenvalue weighted by Crippen LogP contribution is -2.21. The molecular formula is C8H8NO2Si. The van der Waals surface area contributed by atoms with Crippen LogP contribution in [0.25, 0.3) is 0 Å². The molecule has 3 nitrogen and oxygen atoms in total. The van der Waals surface area contributed by atoms with Gasteiger partial charge in [-0.1, -0.05) is 5.19 Å². The van der Waals surface area contributed by atoms with Gasteiger partial charge >= 0.3 is 0 Å². The monoisotopic (exact) mass is 178 g/mol. The standard InChI is InChI=1S/C8H8NO2Si/c1-11-5-2-3-6(8(9)10)7(12)4-5/h2-4H,1H3,(H2,9,10). The molecule has 0 aliphatic carbocycles. The van der Waals surface area contributed by atoms with Gasteiger partial charge in [-0.25, -0.2) is 0 Å². The molecule has 0 bridgehead atoms. The van der Waals surface area contributed by atoms with Crippen molar-refractivity contribution in [3.63, 3.8) is 0 Å². The highest BCUT2D eigenvalue weighted by molar-refractivity contribution is 6.36. The minimum absolute atomic E-state index is 0.451. The third-order valence-corrected chi connectivity index (χ3v) is 1.91. The maximum Gasteiger partial charge on any atom is 0.248 e. The first-order chi connectivity index (χ1) is 5.65. The number of ether oxygens (including phenoxy) is 1. The van der Waals surface area contributed by atoms with Crippen LogP contribution in [0.3, 0.4) is 0 Å². The van der Waals surface area contributed by atoms with Gasteiger partial charge in [0.15, 0.2) is 0 Å². The Morgan fingerprint density at radius 2 is 2.25 bits per heavy atom. The van der Waals surface area contributed by atoms with E-state index in [0.717, 1.165) is 0 Å². The van der Waals surface area contributed by atoms with Crippen molar-refractivity contribution in [2.45, 2.75) is 0 Å². The molecule has 0 saturated carbocycles. The van der Waals surface area contributed by atoms with Crippen molar-refractivity contribution in [3.05, 3.63) is 23.8 Å². The van der Waals surface area contributed by atoms with Crippen molar-refractivity contribution < 1.29 is 9.53 Å². The lowest BCUT2D eigenvalue weighted by molar-refractivity contribution is 0.100. The summed E-state index contributed by atoms with van der Waals surface area (Å²) in [5, 5.41) is 0.641. The Balaban J connectivity index is 3.12. The number of carbonyl (C=O) groups excluding carboxylic acids is 1. The lowest BCUT2D eigenvalue weighted by Gasteiger charge is -2.03. The largest absolute Gasteiger partial charge is 0.497 e. The van der Waals surface area contributed by atoms with Gasteiger partial charge in [-0.05, 0) is 18.2 Å². The van der Waals surface area contributed by atoms with Gasteiger partial charge in [0.25, 0.3) is 0 Å². The first-order valence-electron chi connectivity index (χ1n) is 3.34. The molecule has 3 radical (unpaired) electrons. The molecule has 12 heavy (non-hydrogen) atoms. The Kier molecular flexibility index (Phi) is 2.50. The van der Waals surface area contributed by atoms with Crippen LogP contribution in [0.5, 0.6) is 5.75 Å². The van der Waals surface area contributed by atoms with Gasteiger partial charge in [0.1, 0.15) is 5.75 Å². The smallest absolute Gasteiger partial charge is 0.248 e. The quantitative estimate of drug-likeness (QED) is 0.626. The first kappa shape index (κ1) is 8.80. The SMILES string of the molecule is COc1ccc(C(N)=O)c([Si])c1. The van der Waals surface area contributed by atoms with Gasteiger partial charge in [0, 0.05) is 5.56 Å². The molecule has 1 aromatic rings. The summed E-state index contributed by atoms with van der Waals surface area (Å²) < 4.78 is 4.95. The zero-order valence-corrected chi connectivity index (χ0v) is 7.63. The topological polar surface area (TPSA) is 52.3 Å². The number of rotatable bonds is 2. The van der Waals surface area contributed by atoms with E-state index in [1.807, 2.05) is 0 Å². The summed E-state index contributed by atoms with van der Waals surface area (Å²) >= 11 is 0. The number of primary amides is 1. The zero-order chi connectivity index (χ0) is 9.14. The maximum atomic E-state index is 10.8. The van der Waals surface area contributed by atoms with Gasteiger partial charge in [-0.2, -0.15) is 0 Å². The molecule has 0 spiro atoms. The summed E-state index contributed by atoms with van der Waals surface area (Å²) in [7, 11) is 4.82. The van der Waals surface area contributed by atoms with Crippen molar-refractivity contribution >= 4 is 21.3 Å². The summed E-state index contributed by atoms with van der Waals surface area (Å²) in [5.74, 6) is 0.229. The van der Waals surface area contributed by atoms with Crippen molar-refractivity contribution in [3.8, 4) is 5.75 Å². The van der Waals surface area contributed by atoms with E-state index in [1.165, 1.54) is 0 Å². The Bertz CT molecular complexity index is 312. The Morgan fingerprint density at radius 1 is 1.58 bits per heavy atom. The normalized spacial score (nSPS) is 9.50. The number of hydrogen-bond acceptors (Lipinski definition) is 2. The van der Waals surface area contributed by atoms with Crippen LogP contribution in [0.15, 0.2) is 18.2 Å². The Labute approximate surface area is 73.9 Å². The molecule has 61 valence electrons. The lowest BCUT2D eigenvalue weighted by atomic mass is 10.2. The molecule has 1 amide bonds. The molecule has 2 N–H and O–H groups in total. The molecule has 0 fully saturated rings. The van der Waals surface area contributed by atoms with Crippen LogP contribution in [0.1, 0.15) is 10.4 Å². The molecule has 0 unspecified atom stereocenters. The fourth-order valence-corrected chi connectivity index (χ4v) is 1.21. The molecule has 0 saturated heterocycles. The summed E-state index contributed by atoms with van der Waals surface area (Å²) in [5.41, 5.74) is 5.55. The average Bonchev–Trinajstić information content (AvgIpc) is 2.03. The van der Waals surface area contributed by atoms with Crippen LogP contribution < -0.4 is 15.7 Å². The Hall–Kier alpha value is -1.29. The highest BCUT2D eigenvalue weighted by atomic mass is 28.1. The van der Waals surface area contributed by atoms with E-state index in [-0.39, 0.29) is 0 Å². The minimum atomic E-state index is -0.456. The van der Waals surface area contributed by atoms with E-state index in [9.17, 15) is 4.79 Å². The van der Waals surface area contributed by atoms with Crippen LogP contribution in [-0.2, 0) is 0 Å². The highest BCUT2D eigenvalue weighted by Gasteiger charge is 2.04. The number of benzene rings is 1. The molecule has 1 aromatic carbocycles. The van der Waals surface area contributed by atoms with Crippen molar-refractivity contribution in [2.75, 3.05) is 7.11 Å². The second-order valence-corrected chi connectivity index (χ2v) is 2.81. The molecule has 0 heterocycles. The third-order valence-electron chi connectivity index (χ3n) is 1.49. The third kappa shape index (κ3) is 1.65. The van der Waals surface area contributed by atoms with Gasteiger partial charge in [0.05, 0.1) is 17.4 Å². The summed E-state index contributed by atoms with van der Waals surface area (Å²) in [4.78, 5) is 10.8. The van der Waals surface area contributed by atoms with Crippen molar-refractivity contribution in [2.24, 2.45) is 5.73 Å². The second kappa shape index (κ2) is 3.40. The van der Waals surface area contributed by atoms with E-state index in [1.54, 1.807) is 25.3 Å². The van der Waals surface area contributed by atoms with E-state index < -0.39 is 5.91 Å². The predicted molar refractivity (Wildman–Crippen MR) is 46.9 cm³/mol. The molecule has 4 heteroatoms. The Morgan fingerprint density at radius 3 is 2.67 bits per heavy atom. The molecule has 1 rings (SSSR count). The van der Waals surface area contributed by atoms with Crippen molar-refractivity contribution in [1.29, 1.82) is 0 Å². The fourth-order valence-electron chi connectivity index (χ4n) is 0.865. The highest BCUT2D eigenvalue weighted by Crippen LogP contribution is 2.07. The molecule has 0 aliphatic heterocycles. The summed E-state index contributed by atoms with van der Waals surface area (Å²) in [6.45, 7) is 0. The number of carbonyl (C=O) groups is 1. The van der Waals surface area contributed by atoms with E-state index in [0.29, 0.717) is 16.5 Å². The van der Waals surface area contributed by atoms with Gasteiger partial charge in [0.2, 0.25) is 5.91 Å². The van der Waals surface area contributed by atoms with Crippen molar-refractivity contribution in [1.82, 2.24) is 0 Å². The van der Waals surface area contributed by atoms with Crippen LogP contribution in [0.4, 0.5) is 0 Å². The average molecular weight is 178 g/mol. The maximum absolute atomic E-state index is 10.8. The van der Waals surface area contributed by atoms with Gasteiger partial charge < -0.3 is 10.5 Å². The number of amides is 1. The van der Waals surface area contributed by atoms with E-state index in [4.69, 9.17) is 10.5 Å². The van der Waals surface area contributed by atoms with Gasteiger partial charge in [-0.15, -0.1) is 0 Å². The molecule has 0 aliphatic rings. The molecular weight excluding hydrogens is 170 g/mol. The van der Waals surface area contributed by atoms with E-state index >= 15 is 0 Å². The van der Waals surface area contributed by atoms with Crippen LogP contribution in [0.2, 0.25) is 0 Å². The summed E-state index contributed by atoms with van der Waals surface area (Å²) in [6.07, 6.45) is 0. The number of hydrogen-bond donors (Lipinski definition) is 1. The minimum Gasteiger partial charge on any atom is -0.497 e. The first-order valence-corrected chi connectivity index (χ1v) is 3.84. The summed E-state index contributed by atoms with van der Waals surface area (Å²) in [6, 6.07) is 4.99. The number of nitrogens with two attached hydrogens (primary N) is 1. The van der Waals surface area contributed by atoms with Crippen LogP contribution >= 0.6 is 0 Å². The molecule has 0 atom stereocenters. The second-order valence-electron chi connectivity index (χ2n) is 2.28. The fraction of sp³-hybridized carbons (Fsp3) is 0.125. The van der Waals surface area contributed by atoms with Gasteiger partial charge in [-0.3, -0.25) is 4.79 Å².